The molecule has 6 heteroatoms. The minimum Gasteiger partial charge on any atom is -0.379 e. The summed E-state index contributed by atoms with van der Waals surface area (Å²) < 4.78 is 24.5. The molecule has 1 N–H and O–H groups in total. The van der Waals surface area contributed by atoms with Gasteiger partial charge < -0.3 is 18.9 Å². The lowest BCUT2D eigenvalue weighted by Crippen LogP contribution is -2.35. The number of quaternary nitrogens is 1. The zero-order chi connectivity index (χ0) is 24.8. The van der Waals surface area contributed by atoms with Crippen molar-refractivity contribution in [1.29, 1.82) is 0 Å². The van der Waals surface area contributed by atoms with Crippen LogP contribution in [-0.4, -0.2) is 75.8 Å². The quantitative estimate of drug-likeness (QED) is 0.0828. The van der Waals surface area contributed by atoms with Gasteiger partial charge in [0.15, 0.2) is 0 Å². The lowest BCUT2D eigenvalue weighted by atomic mass is 10.0. The number of methoxy groups -OCH3 is 1. The van der Waals surface area contributed by atoms with Crippen LogP contribution in [0.1, 0.15) is 110 Å². The van der Waals surface area contributed by atoms with E-state index >= 15 is 0 Å². The zero-order valence-electron chi connectivity index (χ0n) is 23.0. The van der Waals surface area contributed by atoms with Crippen molar-refractivity contribution in [3.8, 4) is 0 Å². The van der Waals surface area contributed by atoms with Crippen molar-refractivity contribution in [3.05, 3.63) is 0 Å². The normalized spacial score (nSPS) is 15.0. The van der Waals surface area contributed by atoms with Crippen LogP contribution in [0.15, 0.2) is 0 Å². The lowest BCUT2D eigenvalue weighted by molar-refractivity contribution is -0.870. The van der Waals surface area contributed by atoms with Gasteiger partial charge in [-0.2, -0.15) is 0 Å². The zero-order valence-corrected chi connectivity index (χ0v) is 23.9. The molecule has 2 unspecified atom stereocenters. The Morgan fingerprint density at radius 3 is 1.70 bits per heavy atom. The molecule has 0 bridgehead atoms. The number of ether oxygens (including phenoxy) is 2. The second-order valence-corrected chi connectivity index (χ2v) is 13.6. The van der Waals surface area contributed by atoms with Crippen LogP contribution in [0.5, 0.6) is 0 Å². The Morgan fingerprint density at radius 1 is 0.758 bits per heavy atom. The van der Waals surface area contributed by atoms with Crippen LogP contribution in [0.4, 0.5) is 0 Å². The van der Waals surface area contributed by atoms with E-state index in [0.29, 0.717) is 25.4 Å². The highest BCUT2D eigenvalue weighted by atomic mass is 31.2. The molecule has 0 heterocycles. The Labute approximate surface area is 207 Å². The molecule has 0 aliphatic heterocycles. The van der Waals surface area contributed by atoms with Crippen LogP contribution in [0.3, 0.4) is 0 Å². The van der Waals surface area contributed by atoms with Gasteiger partial charge in [0.2, 0.25) is 7.37 Å². The van der Waals surface area contributed by atoms with Crippen molar-refractivity contribution < 1.29 is 23.4 Å². The molecule has 0 spiro atoms. The maximum atomic E-state index is 12.4. The molecular formula is C27H59NO4P+. The SMILES string of the molecule is CCCCCCCCCCCCCCCCOCC(CCP(=O)(O)CCC[N+](C)(C)C)OC. The molecule has 0 aliphatic rings. The summed E-state index contributed by atoms with van der Waals surface area (Å²) in [6, 6.07) is 0. The highest BCUT2D eigenvalue weighted by Gasteiger charge is 2.22. The van der Waals surface area contributed by atoms with Gasteiger partial charge in [-0.3, -0.25) is 4.57 Å². The van der Waals surface area contributed by atoms with Crippen molar-refractivity contribution in [2.75, 3.05) is 60.3 Å². The summed E-state index contributed by atoms with van der Waals surface area (Å²) in [5.74, 6) is 0. The Bertz CT molecular complexity index is 468. The lowest BCUT2D eigenvalue weighted by Gasteiger charge is -2.24. The van der Waals surface area contributed by atoms with Crippen LogP contribution in [0.25, 0.3) is 0 Å². The molecule has 200 valence electrons. The minimum atomic E-state index is -3.07. The molecule has 0 radical (unpaired) electrons. The van der Waals surface area contributed by atoms with Crippen LogP contribution in [-0.2, 0) is 14.0 Å². The van der Waals surface area contributed by atoms with Crippen molar-refractivity contribution >= 4 is 7.37 Å². The molecule has 0 aromatic rings. The van der Waals surface area contributed by atoms with E-state index in [2.05, 4.69) is 28.1 Å². The van der Waals surface area contributed by atoms with E-state index in [9.17, 15) is 9.46 Å². The number of hydrogen-bond acceptors (Lipinski definition) is 3. The molecule has 0 fully saturated rings. The third-order valence-corrected chi connectivity index (χ3v) is 8.39. The summed E-state index contributed by atoms with van der Waals surface area (Å²) in [6.45, 7) is 4.48. The Balaban J connectivity index is 3.53. The summed E-state index contributed by atoms with van der Waals surface area (Å²) in [4.78, 5) is 10.2. The average molecular weight is 493 g/mol. The Kier molecular flexibility index (Phi) is 21.4. The van der Waals surface area contributed by atoms with E-state index in [1.54, 1.807) is 7.11 Å². The van der Waals surface area contributed by atoms with Crippen molar-refractivity contribution in [1.82, 2.24) is 0 Å². The topological polar surface area (TPSA) is 55.8 Å². The van der Waals surface area contributed by atoms with Gasteiger partial charge in [0.05, 0.1) is 40.4 Å². The van der Waals surface area contributed by atoms with Crippen LogP contribution < -0.4 is 0 Å². The molecule has 0 aromatic carbocycles. The van der Waals surface area contributed by atoms with Crippen molar-refractivity contribution in [2.45, 2.75) is 116 Å². The molecule has 0 aliphatic carbocycles. The van der Waals surface area contributed by atoms with E-state index in [1.165, 1.54) is 83.5 Å². The van der Waals surface area contributed by atoms with Gasteiger partial charge in [0.25, 0.3) is 0 Å². The second-order valence-electron chi connectivity index (χ2n) is 11.0. The van der Waals surface area contributed by atoms with Gasteiger partial charge in [-0.25, -0.2) is 0 Å². The second kappa shape index (κ2) is 21.4. The fourth-order valence-corrected chi connectivity index (χ4v) is 5.68. The first-order valence-electron chi connectivity index (χ1n) is 13.9. The summed E-state index contributed by atoms with van der Waals surface area (Å²) in [5, 5.41) is 0. The standard InChI is InChI=1S/C27H58NO4P/c1-6-7-8-9-10-11-12-13-14-15-16-17-18-19-23-32-26-27(31-5)21-25-33(29,30)24-20-22-28(2,3)4/h27H,6-26H2,1-5H3/p+1. The highest BCUT2D eigenvalue weighted by molar-refractivity contribution is 7.57. The van der Waals surface area contributed by atoms with E-state index in [-0.39, 0.29) is 6.10 Å². The predicted octanol–water partition coefficient (Wildman–Crippen LogP) is 7.26. The first-order chi connectivity index (χ1) is 15.7. The Hall–Kier alpha value is 0.0700. The van der Waals surface area contributed by atoms with Gasteiger partial charge >= 0.3 is 0 Å². The van der Waals surface area contributed by atoms with E-state index in [0.717, 1.165) is 30.5 Å². The minimum absolute atomic E-state index is 0.0875. The first kappa shape index (κ1) is 33.1. The molecule has 2 atom stereocenters. The third kappa shape index (κ3) is 25.0. The van der Waals surface area contributed by atoms with Crippen molar-refractivity contribution in [2.24, 2.45) is 0 Å². The first-order valence-corrected chi connectivity index (χ1v) is 15.9. The largest absolute Gasteiger partial charge is 0.379 e. The average Bonchev–Trinajstić information content (AvgIpc) is 2.74. The van der Waals surface area contributed by atoms with E-state index < -0.39 is 7.37 Å². The fourth-order valence-electron chi connectivity index (χ4n) is 4.13. The van der Waals surface area contributed by atoms with Crippen LogP contribution in [0.2, 0.25) is 0 Å². The molecule has 0 aromatic heterocycles. The van der Waals surface area contributed by atoms with Gasteiger partial charge in [0, 0.05) is 32.5 Å². The molecule has 0 saturated carbocycles. The van der Waals surface area contributed by atoms with E-state index in [4.69, 9.17) is 9.47 Å². The van der Waals surface area contributed by atoms with Gasteiger partial charge in [-0.05, 0) is 12.8 Å². The molecular weight excluding hydrogens is 433 g/mol. The molecule has 0 saturated heterocycles. The van der Waals surface area contributed by atoms with Crippen LogP contribution in [0, 0.1) is 0 Å². The van der Waals surface area contributed by atoms with Crippen LogP contribution >= 0.6 is 7.37 Å². The van der Waals surface area contributed by atoms with Gasteiger partial charge in [0.1, 0.15) is 0 Å². The summed E-state index contributed by atoms with van der Waals surface area (Å²) in [7, 11) is 4.93. The maximum absolute atomic E-state index is 12.4. The van der Waals surface area contributed by atoms with E-state index in [1.807, 2.05) is 0 Å². The predicted molar refractivity (Wildman–Crippen MR) is 144 cm³/mol. The highest BCUT2D eigenvalue weighted by Crippen LogP contribution is 2.42. The summed E-state index contributed by atoms with van der Waals surface area (Å²) in [6.07, 6.45) is 21.0. The third-order valence-electron chi connectivity index (χ3n) is 6.42. The number of hydrogen-bond donors (Lipinski definition) is 1. The molecule has 5 nitrogen and oxygen atoms in total. The summed E-state index contributed by atoms with van der Waals surface area (Å²) >= 11 is 0. The maximum Gasteiger partial charge on any atom is 0.200 e. The number of unbranched alkanes of at least 4 members (excludes halogenated alkanes) is 13. The fraction of sp³-hybridized carbons (Fsp3) is 1.00. The molecule has 0 amide bonds. The number of nitrogens with zero attached hydrogens (tertiary/aromatic N) is 1. The van der Waals surface area contributed by atoms with Gasteiger partial charge in [-0.15, -0.1) is 0 Å². The van der Waals surface area contributed by atoms with Gasteiger partial charge in [-0.1, -0.05) is 90.4 Å². The molecule has 33 heavy (non-hydrogen) atoms. The Morgan fingerprint density at radius 2 is 1.24 bits per heavy atom. The monoisotopic (exact) mass is 492 g/mol. The smallest absolute Gasteiger partial charge is 0.200 e. The molecule has 0 rings (SSSR count). The summed E-state index contributed by atoms with van der Waals surface area (Å²) in [5.41, 5.74) is 0. The number of rotatable bonds is 25. The van der Waals surface area contributed by atoms with Crippen molar-refractivity contribution in [3.63, 3.8) is 0 Å².